The SMILES string of the molecule is N=C1c2ccccc2CN1CCN1C(=O)S/C(=C/c2ccc(F)cc2)C1=O. The van der Waals surface area contributed by atoms with Gasteiger partial charge in [-0.05, 0) is 41.1 Å². The zero-order valence-electron chi connectivity index (χ0n) is 14.3. The van der Waals surface area contributed by atoms with E-state index in [-0.39, 0.29) is 23.5 Å². The van der Waals surface area contributed by atoms with Gasteiger partial charge in [-0.25, -0.2) is 4.39 Å². The molecule has 1 fully saturated rings. The molecule has 0 aromatic heterocycles. The van der Waals surface area contributed by atoms with Crippen LogP contribution in [0.2, 0.25) is 0 Å². The largest absolute Gasteiger partial charge is 0.350 e. The minimum absolute atomic E-state index is 0.224. The van der Waals surface area contributed by atoms with Crippen molar-refractivity contribution < 1.29 is 14.0 Å². The van der Waals surface area contributed by atoms with Crippen molar-refractivity contribution >= 4 is 34.8 Å². The van der Waals surface area contributed by atoms with Gasteiger partial charge in [-0.3, -0.25) is 19.9 Å². The van der Waals surface area contributed by atoms with E-state index in [2.05, 4.69) is 0 Å². The van der Waals surface area contributed by atoms with E-state index in [0.29, 0.717) is 29.4 Å². The molecule has 1 N–H and O–H groups in total. The minimum atomic E-state index is -0.352. The summed E-state index contributed by atoms with van der Waals surface area (Å²) in [7, 11) is 0. The number of thioether (sulfide) groups is 1. The maximum atomic E-state index is 13.0. The number of carbonyl (C=O) groups excluding carboxylic acids is 2. The molecule has 2 aromatic rings. The van der Waals surface area contributed by atoms with Gasteiger partial charge < -0.3 is 4.90 Å². The molecule has 5 nitrogen and oxygen atoms in total. The number of rotatable bonds is 4. The van der Waals surface area contributed by atoms with Gasteiger partial charge in [0.25, 0.3) is 11.1 Å². The first-order valence-electron chi connectivity index (χ1n) is 8.45. The minimum Gasteiger partial charge on any atom is -0.350 e. The van der Waals surface area contributed by atoms with Crippen molar-refractivity contribution in [3.63, 3.8) is 0 Å². The van der Waals surface area contributed by atoms with E-state index in [1.807, 2.05) is 29.2 Å². The second-order valence-corrected chi connectivity index (χ2v) is 7.31. The molecule has 2 aliphatic rings. The van der Waals surface area contributed by atoms with Crippen LogP contribution in [0.15, 0.2) is 53.4 Å². The fraction of sp³-hybridized carbons (Fsp3) is 0.150. The Hall–Kier alpha value is -2.93. The van der Waals surface area contributed by atoms with Crippen LogP contribution in [0.1, 0.15) is 16.7 Å². The normalized spacial score (nSPS) is 18.0. The third-order valence-corrected chi connectivity index (χ3v) is 5.49. The Morgan fingerprint density at radius 2 is 1.81 bits per heavy atom. The second kappa shape index (κ2) is 7.00. The summed E-state index contributed by atoms with van der Waals surface area (Å²) in [4.78, 5) is 28.2. The summed E-state index contributed by atoms with van der Waals surface area (Å²) in [6.07, 6.45) is 1.60. The predicted molar refractivity (Wildman–Crippen MR) is 103 cm³/mol. The van der Waals surface area contributed by atoms with E-state index >= 15 is 0 Å². The molecule has 7 heteroatoms. The lowest BCUT2D eigenvalue weighted by molar-refractivity contribution is -0.122. The lowest BCUT2D eigenvalue weighted by Crippen LogP contribution is -2.37. The third-order valence-electron chi connectivity index (χ3n) is 4.58. The number of carbonyl (C=O) groups is 2. The van der Waals surface area contributed by atoms with Gasteiger partial charge in [0.15, 0.2) is 0 Å². The molecule has 0 aliphatic carbocycles. The molecule has 0 radical (unpaired) electrons. The molecule has 0 unspecified atom stereocenters. The molecule has 2 heterocycles. The Kier molecular flexibility index (Phi) is 4.53. The average molecular weight is 381 g/mol. The Morgan fingerprint density at radius 1 is 1.07 bits per heavy atom. The highest BCUT2D eigenvalue weighted by atomic mass is 32.2. The third kappa shape index (κ3) is 3.38. The van der Waals surface area contributed by atoms with Crippen molar-refractivity contribution in [3.05, 3.63) is 75.9 Å². The Bertz CT molecular complexity index is 971. The van der Waals surface area contributed by atoms with Crippen molar-refractivity contribution in [1.82, 2.24) is 9.80 Å². The highest BCUT2D eigenvalue weighted by molar-refractivity contribution is 8.18. The van der Waals surface area contributed by atoms with E-state index in [0.717, 1.165) is 22.9 Å². The molecule has 4 rings (SSSR count). The first-order valence-corrected chi connectivity index (χ1v) is 9.27. The van der Waals surface area contributed by atoms with Gasteiger partial charge in [-0.1, -0.05) is 36.4 Å². The molecule has 2 amide bonds. The number of amides is 2. The molecule has 2 aliphatic heterocycles. The molecule has 136 valence electrons. The smallest absolute Gasteiger partial charge is 0.293 e. The highest BCUT2D eigenvalue weighted by Gasteiger charge is 2.35. The van der Waals surface area contributed by atoms with Crippen LogP contribution in [0.3, 0.4) is 0 Å². The van der Waals surface area contributed by atoms with Crippen molar-refractivity contribution in [1.29, 1.82) is 5.41 Å². The number of nitrogens with one attached hydrogen (secondary N) is 1. The van der Waals surface area contributed by atoms with E-state index in [1.54, 1.807) is 18.2 Å². The van der Waals surface area contributed by atoms with Crippen molar-refractivity contribution in [2.45, 2.75) is 6.54 Å². The summed E-state index contributed by atoms with van der Waals surface area (Å²) < 4.78 is 13.0. The fourth-order valence-electron chi connectivity index (χ4n) is 3.16. The summed E-state index contributed by atoms with van der Waals surface area (Å²) in [5.74, 6) is -0.286. The van der Waals surface area contributed by atoms with Crippen molar-refractivity contribution in [2.75, 3.05) is 13.1 Å². The van der Waals surface area contributed by atoms with Gasteiger partial charge >= 0.3 is 0 Å². The zero-order chi connectivity index (χ0) is 19.0. The van der Waals surface area contributed by atoms with Crippen LogP contribution in [0.25, 0.3) is 6.08 Å². The van der Waals surface area contributed by atoms with Crippen LogP contribution in [-0.2, 0) is 11.3 Å². The first kappa shape index (κ1) is 17.5. The molecule has 1 saturated heterocycles. The monoisotopic (exact) mass is 381 g/mol. The molecule has 2 aromatic carbocycles. The van der Waals surface area contributed by atoms with E-state index in [1.165, 1.54) is 17.0 Å². The number of imide groups is 1. The van der Waals surface area contributed by atoms with Gasteiger partial charge in [0, 0.05) is 25.2 Å². The van der Waals surface area contributed by atoms with E-state index in [9.17, 15) is 14.0 Å². The summed E-state index contributed by atoms with van der Waals surface area (Å²) in [6, 6.07) is 13.5. The number of benzene rings is 2. The van der Waals surface area contributed by atoms with Gasteiger partial charge in [0.2, 0.25) is 0 Å². The summed E-state index contributed by atoms with van der Waals surface area (Å²) in [5, 5.41) is 7.94. The first-order chi connectivity index (χ1) is 13.0. The van der Waals surface area contributed by atoms with Gasteiger partial charge in [0.1, 0.15) is 11.7 Å². The Balaban J connectivity index is 1.43. The van der Waals surface area contributed by atoms with Crippen LogP contribution < -0.4 is 0 Å². The maximum Gasteiger partial charge on any atom is 0.293 e. The van der Waals surface area contributed by atoms with E-state index in [4.69, 9.17) is 5.41 Å². The fourth-order valence-corrected chi connectivity index (χ4v) is 4.02. The lowest BCUT2D eigenvalue weighted by atomic mass is 10.1. The number of amidine groups is 1. The molecule has 0 spiro atoms. The quantitative estimate of drug-likeness (QED) is 0.820. The summed E-state index contributed by atoms with van der Waals surface area (Å²) in [6.45, 7) is 1.24. The molecular formula is C20H16FN3O2S. The predicted octanol–water partition coefficient (Wildman–Crippen LogP) is 3.70. The van der Waals surface area contributed by atoms with Gasteiger partial charge in [-0.2, -0.15) is 0 Å². The Morgan fingerprint density at radius 3 is 2.56 bits per heavy atom. The van der Waals surface area contributed by atoms with Crippen molar-refractivity contribution in [2.24, 2.45) is 0 Å². The number of halogens is 1. The average Bonchev–Trinajstić information content (AvgIpc) is 3.12. The highest BCUT2D eigenvalue weighted by Crippen LogP contribution is 2.32. The maximum absolute atomic E-state index is 13.0. The summed E-state index contributed by atoms with van der Waals surface area (Å²) >= 11 is 0.884. The van der Waals surface area contributed by atoms with Crippen LogP contribution >= 0.6 is 11.8 Å². The molecule has 0 atom stereocenters. The van der Waals surface area contributed by atoms with Crippen LogP contribution in [0.4, 0.5) is 9.18 Å². The number of fused-ring (bicyclic) bond motifs is 1. The molecule has 0 saturated carbocycles. The molecular weight excluding hydrogens is 365 g/mol. The Labute approximate surface area is 160 Å². The van der Waals surface area contributed by atoms with Crippen molar-refractivity contribution in [3.8, 4) is 0 Å². The summed E-state index contributed by atoms with van der Waals surface area (Å²) in [5.41, 5.74) is 2.63. The molecule has 0 bridgehead atoms. The van der Waals surface area contributed by atoms with E-state index < -0.39 is 0 Å². The standard InChI is InChI=1S/C20H16FN3O2S/c21-15-7-5-13(6-8-15)11-17-19(25)24(20(26)27-17)10-9-23-12-14-3-1-2-4-16(14)18(23)22/h1-8,11,22H,9-10,12H2/b17-11+,22-18?. The number of nitrogens with zero attached hydrogens (tertiary/aromatic N) is 2. The van der Waals surface area contributed by atoms with Gasteiger partial charge in [0.05, 0.1) is 4.91 Å². The van der Waals surface area contributed by atoms with Crippen LogP contribution in [0, 0.1) is 11.2 Å². The molecule has 27 heavy (non-hydrogen) atoms. The number of hydrogen-bond acceptors (Lipinski definition) is 4. The second-order valence-electron chi connectivity index (χ2n) is 6.31. The zero-order valence-corrected chi connectivity index (χ0v) is 15.1. The topological polar surface area (TPSA) is 64.5 Å². The van der Waals surface area contributed by atoms with Crippen LogP contribution in [0.5, 0.6) is 0 Å². The van der Waals surface area contributed by atoms with Gasteiger partial charge in [-0.15, -0.1) is 0 Å². The van der Waals surface area contributed by atoms with Crippen LogP contribution in [-0.4, -0.2) is 39.9 Å². The number of hydrogen-bond donors (Lipinski definition) is 1. The lowest BCUT2D eigenvalue weighted by Gasteiger charge is -2.21.